The summed E-state index contributed by atoms with van der Waals surface area (Å²) in [7, 11) is 0. The summed E-state index contributed by atoms with van der Waals surface area (Å²) in [4.78, 5) is 22.9. The second kappa shape index (κ2) is 10.5. The number of hydrogen-bond donors (Lipinski definition) is 2. The van der Waals surface area contributed by atoms with Crippen LogP contribution in [0.2, 0.25) is 5.02 Å². The van der Waals surface area contributed by atoms with Crippen LogP contribution in [0.25, 0.3) is 0 Å². The molecule has 0 radical (unpaired) electrons. The van der Waals surface area contributed by atoms with Gasteiger partial charge in [0.1, 0.15) is 5.75 Å². The Bertz CT molecular complexity index is 749. The van der Waals surface area contributed by atoms with Crippen molar-refractivity contribution in [1.29, 1.82) is 0 Å². The Morgan fingerprint density at radius 3 is 2.38 bits per heavy atom. The van der Waals surface area contributed by atoms with Gasteiger partial charge in [-0.05, 0) is 37.1 Å². The summed E-state index contributed by atoms with van der Waals surface area (Å²) in [6, 6.07) is 14.4. The molecular weight excluding hydrogens is 352 g/mol. The number of para-hydroxylation sites is 3. The average Bonchev–Trinajstić information content (AvgIpc) is 2.61. The van der Waals surface area contributed by atoms with Crippen LogP contribution in [-0.4, -0.2) is 18.4 Å². The van der Waals surface area contributed by atoms with E-state index in [1.165, 1.54) is 6.92 Å². The number of nitrogens with one attached hydrogen (secondary N) is 2. The molecule has 2 N–H and O–H groups in total. The molecule has 2 amide bonds. The SMILES string of the molecule is CC(=O)NCCCCCC(=O)Nc1ccccc1Oc1ccccc1Cl. The van der Waals surface area contributed by atoms with E-state index in [1.54, 1.807) is 24.3 Å². The van der Waals surface area contributed by atoms with Gasteiger partial charge in [0.05, 0.1) is 10.7 Å². The first-order valence-electron chi connectivity index (χ1n) is 8.62. The van der Waals surface area contributed by atoms with Crippen molar-refractivity contribution >= 4 is 29.1 Å². The van der Waals surface area contributed by atoms with Crippen LogP contribution < -0.4 is 15.4 Å². The third kappa shape index (κ3) is 6.76. The molecule has 6 heteroatoms. The molecule has 5 nitrogen and oxygen atoms in total. The number of amides is 2. The normalized spacial score (nSPS) is 10.2. The maximum atomic E-state index is 12.2. The molecule has 0 aliphatic carbocycles. The maximum Gasteiger partial charge on any atom is 0.224 e. The van der Waals surface area contributed by atoms with E-state index in [1.807, 2.05) is 24.3 Å². The van der Waals surface area contributed by atoms with Crippen LogP contribution >= 0.6 is 11.6 Å². The van der Waals surface area contributed by atoms with E-state index in [0.29, 0.717) is 35.2 Å². The van der Waals surface area contributed by atoms with E-state index in [-0.39, 0.29) is 11.8 Å². The molecule has 138 valence electrons. The highest BCUT2D eigenvalue weighted by Crippen LogP contribution is 2.33. The van der Waals surface area contributed by atoms with Crippen molar-refractivity contribution < 1.29 is 14.3 Å². The molecule has 26 heavy (non-hydrogen) atoms. The molecule has 0 bridgehead atoms. The summed E-state index contributed by atoms with van der Waals surface area (Å²) in [6.45, 7) is 2.14. The topological polar surface area (TPSA) is 67.4 Å². The predicted molar refractivity (Wildman–Crippen MR) is 104 cm³/mol. The molecule has 0 spiro atoms. The first-order valence-corrected chi connectivity index (χ1v) is 9.00. The van der Waals surface area contributed by atoms with Crippen molar-refractivity contribution in [3.8, 4) is 11.5 Å². The summed E-state index contributed by atoms with van der Waals surface area (Å²) in [5, 5.41) is 6.13. The fourth-order valence-electron chi connectivity index (χ4n) is 2.37. The van der Waals surface area contributed by atoms with Gasteiger partial charge >= 0.3 is 0 Å². The molecule has 0 heterocycles. The third-order valence-electron chi connectivity index (χ3n) is 3.67. The maximum absolute atomic E-state index is 12.2. The zero-order valence-corrected chi connectivity index (χ0v) is 15.5. The minimum atomic E-state index is -0.0697. The first-order chi connectivity index (χ1) is 12.6. The van der Waals surface area contributed by atoms with Crippen molar-refractivity contribution in [1.82, 2.24) is 5.32 Å². The van der Waals surface area contributed by atoms with E-state index in [2.05, 4.69) is 10.6 Å². The van der Waals surface area contributed by atoms with E-state index in [9.17, 15) is 9.59 Å². The van der Waals surface area contributed by atoms with Crippen molar-refractivity contribution in [2.24, 2.45) is 0 Å². The van der Waals surface area contributed by atoms with Crippen LogP contribution in [0.5, 0.6) is 11.5 Å². The summed E-state index contributed by atoms with van der Waals surface area (Å²) < 4.78 is 5.83. The second-order valence-corrected chi connectivity index (χ2v) is 6.28. The highest BCUT2D eigenvalue weighted by Gasteiger charge is 2.10. The Morgan fingerprint density at radius 1 is 0.962 bits per heavy atom. The van der Waals surface area contributed by atoms with Crippen LogP contribution in [0.4, 0.5) is 5.69 Å². The molecule has 0 fully saturated rings. The summed E-state index contributed by atoms with van der Waals surface area (Å²) in [5.41, 5.74) is 0.607. The zero-order chi connectivity index (χ0) is 18.8. The minimum absolute atomic E-state index is 0.0298. The van der Waals surface area contributed by atoms with Gasteiger partial charge < -0.3 is 15.4 Å². The number of ether oxygens (including phenoxy) is 1. The van der Waals surface area contributed by atoms with Crippen molar-refractivity contribution in [2.75, 3.05) is 11.9 Å². The van der Waals surface area contributed by atoms with E-state index in [4.69, 9.17) is 16.3 Å². The number of rotatable bonds is 9. The summed E-state index contributed by atoms with van der Waals surface area (Å²) >= 11 is 6.12. The molecule has 2 aromatic rings. The molecule has 0 atom stereocenters. The van der Waals surface area contributed by atoms with Crippen LogP contribution in [0.15, 0.2) is 48.5 Å². The third-order valence-corrected chi connectivity index (χ3v) is 3.98. The molecule has 0 unspecified atom stereocenters. The molecule has 0 aromatic heterocycles. The van der Waals surface area contributed by atoms with Gasteiger partial charge in [-0.3, -0.25) is 9.59 Å². The van der Waals surface area contributed by atoms with Gasteiger partial charge in [-0.2, -0.15) is 0 Å². The largest absolute Gasteiger partial charge is 0.454 e. The molecule has 2 rings (SSSR count). The fraction of sp³-hybridized carbons (Fsp3) is 0.300. The molecule has 0 aliphatic rings. The van der Waals surface area contributed by atoms with E-state index < -0.39 is 0 Å². The van der Waals surface area contributed by atoms with Crippen molar-refractivity contribution in [2.45, 2.75) is 32.6 Å². The lowest BCUT2D eigenvalue weighted by molar-refractivity contribution is -0.119. The number of hydrogen-bond acceptors (Lipinski definition) is 3. The van der Waals surface area contributed by atoms with Gasteiger partial charge in [-0.15, -0.1) is 0 Å². The van der Waals surface area contributed by atoms with Gasteiger partial charge in [-0.25, -0.2) is 0 Å². The van der Waals surface area contributed by atoms with Gasteiger partial charge in [0.15, 0.2) is 5.75 Å². The zero-order valence-electron chi connectivity index (χ0n) is 14.8. The monoisotopic (exact) mass is 374 g/mol. The molecular formula is C20H23ClN2O3. The molecule has 0 saturated carbocycles. The van der Waals surface area contributed by atoms with Crippen molar-refractivity contribution in [3.63, 3.8) is 0 Å². The van der Waals surface area contributed by atoms with E-state index >= 15 is 0 Å². The summed E-state index contributed by atoms with van der Waals surface area (Å²) in [6.07, 6.45) is 2.92. The average molecular weight is 375 g/mol. The Kier molecular flexibility index (Phi) is 7.96. The lowest BCUT2D eigenvalue weighted by atomic mass is 10.2. The van der Waals surface area contributed by atoms with Crippen molar-refractivity contribution in [3.05, 3.63) is 53.6 Å². The van der Waals surface area contributed by atoms with E-state index in [0.717, 1.165) is 19.3 Å². The lowest BCUT2D eigenvalue weighted by Gasteiger charge is -2.13. The Balaban J connectivity index is 1.84. The second-order valence-electron chi connectivity index (χ2n) is 5.87. The molecule has 2 aromatic carbocycles. The van der Waals surface area contributed by atoms with Crippen LogP contribution in [0.1, 0.15) is 32.6 Å². The number of unbranched alkanes of at least 4 members (excludes halogenated alkanes) is 2. The van der Waals surface area contributed by atoms with Gasteiger partial charge in [0.25, 0.3) is 0 Å². The quantitative estimate of drug-likeness (QED) is 0.621. The first kappa shape index (κ1) is 19.8. The Morgan fingerprint density at radius 2 is 1.65 bits per heavy atom. The molecule has 0 saturated heterocycles. The van der Waals surface area contributed by atoms with Gasteiger partial charge in [0, 0.05) is 19.9 Å². The van der Waals surface area contributed by atoms with Crippen LogP contribution in [0, 0.1) is 0 Å². The summed E-state index contributed by atoms with van der Waals surface area (Å²) in [5.74, 6) is 0.978. The van der Waals surface area contributed by atoms with Gasteiger partial charge in [0.2, 0.25) is 11.8 Å². The molecule has 0 aliphatic heterocycles. The van der Waals surface area contributed by atoms with Crippen LogP contribution in [0.3, 0.4) is 0 Å². The number of halogens is 1. The van der Waals surface area contributed by atoms with Crippen LogP contribution in [-0.2, 0) is 9.59 Å². The number of anilines is 1. The predicted octanol–water partition coefficient (Wildman–Crippen LogP) is 4.77. The highest BCUT2D eigenvalue weighted by molar-refractivity contribution is 6.32. The Labute approximate surface area is 158 Å². The highest BCUT2D eigenvalue weighted by atomic mass is 35.5. The lowest BCUT2D eigenvalue weighted by Crippen LogP contribution is -2.20. The number of benzene rings is 2. The minimum Gasteiger partial charge on any atom is -0.454 e. The number of carbonyl (C=O) groups excluding carboxylic acids is 2. The standard InChI is InChI=1S/C20H23ClN2O3/c1-15(24)22-14-8-2-3-13-20(25)23-17-10-5-7-12-19(17)26-18-11-6-4-9-16(18)21/h4-7,9-12H,2-3,8,13-14H2,1H3,(H,22,24)(H,23,25). The Hall–Kier alpha value is -2.53. The smallest absolute Gasteiger partial charge is 0.224 e. The van der Waals surface area contributed by atoms with Gasteiger partial charge in [-0.1, -0.05) is 42.3 Å². The fourth-order valence-corrected chi connectivity index (χ4v) is 2.54. The number of carbonyl (C=O) groups is 2.